The highest BCUT2D eigenvalue weighted by atomic mass is 79.9. The summed E-state index contributed by atoms with van der Waals surface area (Å²) in [6, 6.07) is 12.0. The van der Waals surface area contributed by atoms with Crippen LogP contribution >= 0.6 is 27.3 Å². The Hall–Kier alpha value is -1.59. The first-order valence-corrected chi connectivity index (χ1v) is 7.89. The molecule has 102 valence electrons. The van der Waals surface area contributed by atoms with Gasteiger partial charge in [0, 0.05) is 22.0 Å². The van der Waals surface area contributed by atoms with Gasteiger partial charge < -0.3 is 10.3 Å². The van der Waals surface area contributed by atoms with E-state index in [2.05, 4.69) is 26.2 Å². The number of H-pyrrole nitrogens is 1. The van der Waals surface area contributed by atoms with Gasteiger partial charge in [0.15, 0.2) is 0 Å². The third-order valence-electron chi connectivity index (χ3n) is 3.11. The third-order valence-corrected chi connectivity index (χ3v) is 4.74. The number of hydrogen-bond donors (Lipinski definition) is 2. The SMILES string of the molecule is O=C(Cc1c[nH]c2ccccc12)NCc1ccc(Br)s1. The molecule has 0 atom stereocenters. The fourth-order valence-corrected chi connectivity index (χ4v) is 3.57. The second-order valence-electron chi connectivity index (χ2n) is 4.52. The van der Waals surface area contributed by atoms with Crippen molar-refractivity contribution in [1.29, 1.82) is 0 Å². The molecule has 0 aliphatic carbocycles. The standard InChI is InChI=1S/C15H13BrN2OS/c16-14-6-5-11(20-14)9-18-15(19)7-10-8-17-13-4-2-1-3-12(10)13/h1-6,8,17H,7,9H2,(H,18,19). The van der Waals surface area contributed by atoms with E-state index < -0.39 is 0 Å². The molecule has 0 aliphatic heterocycles. The second-order valence-corrected chi connectivity index (χ2v) is 7.07. The molecule has 0 saturated heterocycles. The first kappa shape index (κ1) is 13.4. The Kier molecular flexibility index (Phi) is 3.89. The number of halogens is 1. The van der Waals surface area contributed by atoms with Gasteiger partial charge in [0.05, 0.1) is 16.8 Å². The quantitative estimate of drug-likeness (QED) is 0.738. The minimum Gasteiger partial charge on any atom is -0.361 e. The van der Waals surface area contributed by atoms with Crippen LogP contribution in [0.3, 0.4) is 0 Å². The number of carbonyl (C=O) groups is 1. The first-order valence-electron chi connectivity index (χ1n) is 6.28. The lowest BCUT2D eigenvalue weighted by Gasteiger charge is -2.03. The molecule has 0 bridgehead atoms. The van der Waals surface area contributed by atoms with E-state index in [1.165, 1.54) is 0 Å². The Morgan fingerprint density at radius 3 is 2.90 bits per heavy atom. The van der Waals surface area contributed by atoms with Gasteiger partial charge >= 0.3 is 0 Å². The largest absolute Gasteiger partial charge is 0.361 e. The van der Waals surface area contributed by atoms with Gasteiger partial charge in [0.25, 0.3) is 0 Å². The molecular formula is C15H13BrN2OS. The van der Waals surface area contributed by atoms with Gasteiger partial charge in [0.1, 0.15) is 0 Å². The number of nitrogens with one attached hydrogen (secondary N) is 2. The van der Waals surface area contributed by atoms with Crippen LogP contribution in [0.2, 0.25) is 0 Å². The van der Waals surface area contributed by atoms with Crippen molar-refractivity contribution in [2.45, 2.75) is 13.0 Å². The zero-order chi connectivity index (χ0) is 13.9. The van der Waals surface area contributed by atoms with E-state index in [1.54, 1.807) is 11.3 Å². The molecule has 3 aromatic rings. The molecule has 1 aromatic carbocycles. The molecule has 3 rings (SSSR count). The molecule has 20 heavy (non-hydrogen) atoms. The number of benzene rings is 1. The highest BCUT2D eigenvalue weighted by molar-refractivity contribution is 9.11. The Labute approximate surface area is 129 Å². The van der Waals surface area contributed by atoms with Gasteiger partial charge in [-0.05, 0) is 39.7 Å². The van der Waals surface area contributed by atoms with Gasteiger partial charge in [-0.1, -0.05) is 18.2 Å². The minimum absolute atomic E-state index is 0.0410. The lowest BCUT2D eigenvalue weighted by molar-refractivity contribution is -0.120. The summed E-state index contributed by atoms with van der Waals surface area (Å²) in [5.74, 6) is 0.0410. The first-order chi connectivity index (χ1) is 9.72. The number of aromatic nitrogens is 1. The number of carbonyl (C=O) groups excluding carboxylic acids is 1. The lowest BCUT2D eigenvalue weighted by atomic mass is 10.1. The van der Waals surface area contributed by atoms with Gasteiger partial charge in [0.2, 0.25) is 5.91 Å². The molecule has 0 spiro atoms. The van der Waals surface area contributed by atoms with Crippen LogP contribution in [0.1, 0.15) is 10.4 Å². The number of thiophene rings is 1. The number of para-hydroxylation sites is 1. The predicted octanol–water partition coefficient (Wildman–Crippen LogP) is 3.85. The van der Waals surface area contributed by atoms with Crippen molar-refractivity contribution >= 4 is 44.1 Å². The summed E-state index contributed by atoms with van der Waals surface area (Å²) in [7, 11) is 0. The maximum Gasteiger partial charge on any atom is 0.224 e. The zero-order valence-corrected chi connectivity index (χ0v) is 13.1. The van der Waals surface area contributed by atoms with E-state index in [4.69, 9.17) is 0 Å². The van der Waals surface area contributed by atoms with E-state index >= 15 is 0 Å². The Bertz CT molecular complexity index is 747. The van der Waals surface area contributed by atoms with Crippen molar-refractivity contribution in [3.05, 3.63) is 56.8 Å². The number of rotatable bonds is 4. The smallest absolute Gasteiger partial charge is 0.224 e. The van der Waals surface area contributed by atoms with Crippen LogP contribution in [-0.2, 0) is 17.8 Å². The maximum atomic E-state index is 12.0. The van der Waals surface area contributed by atoms with Crippen molar-refractivity contribution < 1.29 is 4.79 Å². The molecular weight excluding hydrogens is 336 g/mol. The molecule has 1 amide bonds. The molecule has 3 nitrogen and oxygen atoms in total. The summed E-state index contributed by atoms with van der Waals surface area (Å²) in [5, 5.41) is 4.06. The van der Waals surface area contributed by atoms with Crippen LogP contribution in [0.15, 0.2) is 46.4 Å². The Morgan fingerprint density at radius 1 is 1.25 bits per heavy atom. The number of hydrogen-bond acceptors (Lipinski definition) is 2. The van der Waals surface area contributed by atoms with Crippen LogP contribution in [-0.4, -0.2) is 10.9 Å². The lowest BCUT2D eigenvalue weighted by Crippen LogP contribution is -2.23. The highest BCUT2D eigenvalue weighted by Gasteiger charge is 2.08. The summed E-state index contributed by atoms with van der Waals surface area (Å²) in [6.07, 6.45) is 2.31. The molecule has 0 fully saturated rings. The number of fused-ring (bicyclic) bond motifs is 1. The molecule has 2 heterocycles. The maximum absolute atomic E-state index is 12.0. The number of amides is 1. The normalized spacial score (nSPS) is 10.8. The fourth-order valence-electron chi connectivity index (χ4n) is 2.15. The van der Waals surface area contributed by atoms with Gasteiger partial charge in [-0.2, -0.15) is 0 Å². The predicted molar refractivity (Wildman–Crippen MR) is 85.9 cm³/mol. The van der Waals surface area contributed by atoms with Crippen LogP contribution in [0.5, 0.6) is 0 Å². The zero-order valence-electron chi connectivity index (χ0n) is 10.7. The molecule has 0 aliphatic rings. The number of aromatic amines is 1. The van der Waals surface area contributed by atoms with E-state index in [0.29, 0.717) is 13.0 Å². The van der Waals surface area contributed by atoms with E-state index in [0.717, 1.165) is 25.1 Å². The van der Waals surface area contributed by atoms with E-state index in [9.17, 15) is 4.79 Å². The van der Waals surface area contributed by atoms with Crippen LogP contribution < -0.4 is 5.32 Å². The summed E-state index contributed by atoms with van der Waals surface area (Å²) >= 11 is 5.05. The Morgan fingerprint density at radius 2 is 2.10 bits per heavy atom. The average molecular weight is 349 g/mol. The van der Waals surface area contributed by atoms with Gasteiger partial charge in [-0.3, -0.25) is 4.79 Å². The van der Waals surface area contributed by atoms with Crippen molar-refractivity contribution in [3.63, 3.8) is 0 Å². The summed E-state index contributed by atoms with van der Waals surface area (Å²) in [6.45, 7) is 0.581. The summed E-state index contributed by atoms with van der Waals surface area (Å²) in [4.78, 5) is 16.3. The van der Waals surface area contributed by atoms with E-state index in [-0.39, 0.29) is 5.91 Å². The van der Waals surface area contributed by atoms with Crippen LogP contribution in [0.4, 0.5) is 0 Å². The summed E-state index contributed by atoms with van der Waals surface area (Å²) in [5.41, 5.74) is 2.10. The fraction of sp³-hybridized carbons (Fsp3) is 0.133. The highest BCUT2D eigenvalue weighted by Crippen LogP contribution is 2.22. The third kappa shape index (κ3) is 2.94. The van der Waals surface area contributed by atoms with Gasteiger partial charge in [-0.15, -0.1) is 11.3 Å². The van der Waals surface area contributed by atoms with Crippen molar-refractivity contribution in [1.82, 2.24) is 10.3 Å². The molecule has 2 aromatic heterocycles. The summed E-state index contributed by atoms with van der Waals surface area (Å²) < 4.78 is 1.08. The van der Waals surface area contributed by atoms with Crippen molar-refractivity contribution in [2.75, 3.05) is 0 Å². The van der Waals surface area contributed by atoms with Gasteiger partial charge in [-0.25, -0.2) is 0 Å². The molecule has 2 N–H and O–H groups in total. The molecule has 0 radical (unpaired) electrons. The van der Waals surface area contributed by atoms with Crippen molar-refractivity contribution in [3.8, 4) is 0 Å². The second kappa shape index (κ2) is 5.81. The topological polar surface area (TPSA) is 44.9 Å². The van der Waals surface area contributed by atoms with Crippen LogP contribution in [0.25, 0.3) is 10.9 Å². The van der Waals surface area contributed by atoms with E-state index in [1.807, 2.05) is 42.6 Å². The molecule has 5 heteroatoms. The minimum atomic E-state index is 0.0410. The molecule has 0 unspecified atom stereocenters. The average Bonchev–Trinajstić information content (AvgIpc) is 3.04. The molecule has 0 saturated carbocycles. The Balaban J connectivity index is 1.64. The van der Waals surface area contributed by atoms with Crippen LogP contribution in [0, 0.1) is 0 Å². The van der Waals surface area contributed by atoms with Crippen molar-refractivity contribution in [2.24, 2.45) is 0 Å². The monoisotopic (exact) mass is 348 g/mol.